The Morgan fingerprint density at radius 3 is 1.43 bits per heavy atom. The highest BCUT2D eigenvalue weighted by molar-refractivity contribution is 7.28. The molecule has 0 amide bonds. The molecular weight excluding hydrogens is 545 g/mol. The van der Waals surface area contributed by atoms with E-state index in [1.807, 2.05) is 34.0 Å². The number of hydrogen-bond donors (Lipinski definition) is 0. The van der Waals surface area contributed by atoms with Crippen molar-refractivity contribution in [3.63, 3.8) is 0 Å². The molecule has 0 saturated heterocycles. The smallest absolute Gasteiger partial charge is 0.110 e. The maximum absolute atomic E-state index is 5.45. The molecule has 202 valence electrons. The average Bonchev–Trinajstić information content (AvgIpc) is 3.72. The van der Waals surface area contributed by atoms with Crippen molar-refractivity contribution < 1.29 is 0 Å². The van der Waals surface area contributed by atoms with Gasteiger partial charge in [0.25, 0.3) is 0 Å². The van der Waals surface area contributed by atoms with Gasteiger partial charge in [0, 0.05) is 30.6 Å². The normalized spacial score (nSPS) is 12.3. The van der Waals surface area contributed by atoms with E-state index in [4.69, 9.17) is 9.97 Å². The lowest BCUT2D eigenvalue weighted by Crippen LogP contribution is -2.12. The molecule has 0 unspecified atom stereocenters. The van der Waals surface area contributed by atoms with E-state index >= 15 is 0 Å². The lowest BCUT2D eigenvalue weighted by atomic mass is 9.89. The monoisotopic (exact) mass is 578 g/mol. The topological polar surface area (TPSA) is 25.8 Å². The zero-order valence-corrected chi connectivity index (χ0v) is 26.4. The minimum absolute atomic E-state index is 0.106. The van der Waals surface area contributed by atoms with E-state index in [1.165, 1.54) is 29.3 Å². The first-order valence-corrected chi connectivity index (χ1v) is 16.3. The highest BCUT2D eigenvalue weighted by Gasteiger charge is 2.26. The highest BCUT2D eigenvalue weighted by atomic mass is 32.1. The lowest BCUT2D eigenvalue weighted by Gasteiger charge is -2.20. The van der Waals surface area contributed by atoms with Crippen molar-refractivity contribution in [1.29, 1.82) is 0 Å². The molecular formula is C35H34N2S3. The van der Waals surface area contributed by atoms with Gasteiger partial charge in [-0.3, -0.25) is 0 Å². The zero-order valence-electron chi connectivity index (χ0n) is 23.9. The van der Waals surface area contributed by atoms with E-state index in [0.29, 0.717) is 0 Å². The van der Waals surface area contributed by atoms with Gasteiger partial charge in [0.2, 0.25) is 0 Å². The van der Waals surface area contributed by atoms with Gasteiger partial charge in [-0.2, -0.15) is 0 Å². The van der Waals surface area contributed by atoms with Crippen LogP contribution in [-0.2, 0) is 10.8 Å². The number of fused-ring (bicyclic) bond motifs is 1. The molecule has 0 fully saturated rings. The van der Waals surface area contributed by atoms with Crippen LogP contribution in [0.5, 0.6) is 0 Å². The SMILES string of the molecule is CCC(C)(C)c1ccc(-c2sc(-c3ccc(C(C)(C)C)s3)c3nc(-c4ccccc4)c(-c4ccccc4)nc23)s1. The van der Waals surface area contributed by atoms with Gasteiger partial charge in [-0.05, 0) is 41.5 Å². The third-order valence-electron chi connectivity index (χ3n) is 7.57. The second-order valence-corrected chi connectivity index (χ2v) is 15.1. The molecule has 4 heterocycles. The Morgan fingerprint density at radius 1 is 0.550 bits per heavy atom. The van der Waals surface area contributed by atoms with Crippen LogP contribution in [0.15, 0.2) is 84.9 Å². The van der Waals surface area contributed by atoms with Gasteiger partial charge in [0.15, 0.2) is 0 Å². The van der Waals surface area contributed by atoms with Gasteiger partial charge in [-0.25, -0.2) is 9.97 Å². The fraction of sp³-hybridized carbons (Fsp3) is 0.257. The van der Waals surface area contributed by atoms with Gasteiger partial charge < -0.3 is 0 Å². The maximum atomic E-state index is 5.45. The highest BCUT2D eigenvalue weighted by Crippen LogP contribution is 2.49. The van der Waals surface area contributed by atoms with E-state index in [1.54, 1.807) is 0 Å². The molecule has 0 aliphatic carbocycles. The van der Waals surface area contributed by atoms with Crippen LogP contribution in [0.3, 0.4) is 0 Å². The maximum Gasteiger partial charge on any atom is 0.110 e. The molecule has 2 aromatic carbocycles. The first-order chi connectivity index (χ1) is 19.2. The summed E-state index contributed by atoms with van der Waals surface area (Å²) in [6.07, 6.45) is 1.10. The van der Waals surface area contributed by atoms with Crippen LogP contribution in [0.4, 0.5) is 0 Å². The Labute approximate surface area is 249 Å². The number of rotatable bonds is 6. The third-order valence-corrected chi connectivity index (χ3v) is 12.1. The van der Waals surface area contributed by atoms with Crippen molar-refractivity contribution in [2.45, 2.75) is 58.8 Å². The first kappa shape index (κ1) is 27.1. The Kier molecular flexibility index (Phi) is 7.02. The van der Waals surface area contributed by atoms with Crippen LogP contribution in [0.2, 0.25) is 0 Å². The van der Waals surface area contributed by atoms with Crippen molar-refractivity contribution in [1.82, 2.24) is 9.97 Å². The Bertz CT molecular complexity index is 1780. The second-order valence-electron chi connectivity index (χ2n) is 11.9. The van der Waals surface area contributed by atoms with Crippen molar-refractivity contribution in [2.24, 2.45) is 0 Å². The minimum atomic E-state index is 0.106. The molecule has 0 spiro atoms. The molecule has 2 nitrogen and oxygen atoms in total. The quantitative estimate of drug-likeness (QED) is 0.196. The number of aromatic nitrogens is 2. The molecule has 0 radical (unpaired) electrons. The van der Waals surface area contributed by atoms with E-state index < -0.39 is 0 Å². The molecule has 0 atom stereocenters. The van der Waals surface area contributed by atoms with Gasteiger partial charge in [-0.15, -0.1) is 34.0 Å². The van der Waals surface area contributed by atoms with E-state index in [2.05, 4.69) is 126 Å². The van der Waals surface area contributed by atoms with Crippen LogP contribution in [0, 0.1) is 0 Å². The molecule has 0 saturated carbocycles. The third kappa shape index (κ3) is 4.96. The molecule has 6 aromatic rings. The average molecular weight is 579 g/mol. The lowest BCUT2D eigenvalue weighted by molar-refractivity contribution is 0.517. The summed E-state index contributed by atoms with van der Waals surface area (Å²) < 4.78 is 0. The van der Waals surface area contributed by atoms with Gasteiger partial charge >= 0.3 is 0 Å². The minimum Gasteiger partial charge on any atom is -0.242 e. The molecule has 0 aliphatic rings. The molecule has 4 aromatic heterocycles. The summed E-state index contributed by atoms with van der Waals surface area (Å²) in [6, 6.07) is 30.1. The fourth-order valence-corrected chi connectivity index (χ4v) is 8.38. The van der Waals surface area contributed by atoms with Gasteiger partial charge in [-0.1, -0.05) is 102 Å². The summed E-state index contributed by atoms with van der Waals surface area (Å²) in [4.78, 5) is 18.6. The molecule has 0 aliphatic heterocycles. The van der Waals surface area contributed by atoms with Crippen molar-refractivity contribution in [2.75, 3.05) is 0 Å². The summed E-state index contributed by atoms with van der Waals surface area (Å²) in [5, 5.41) is 0. The summed E-state index contributed by atoms with van der Waals surface area (Å²) in [5.74, 6) is 0. The van der Waals surface area contributed by atoms with Crippen LogP contribution in [-0.4, -0.2) is 9.97 Å². The Balaban J connectivity index is 1.65. The molecule has 40 heavy (non-hydrogen) atoms. The standard InChI is InChI=1S/C35H34N2S3/c1-7-35(5,6)27-21-19-25(39-27)33-31-30(32(40-33)24-18-20-26(38-24)34(2,3)4)36-28(22-14-10-8-11-15-22)29(37-31)23-16-12-9-13-17-23/h8-21H,7H2,1-6H3. The number of hydrogen-bond acceptors (Lipinski definition) is 5. The Morgan fingerprint density at radius 2 is 1.00 bits per heavy atom. The van der Waals surface area contributed by atoms with Crippen molar-refractivity contribution in [3.8, 4) is 42.0 Å². The molecule has 0 bridgehead atoms. The van der Waals surface area contributed by atoms with Crippen LogP contribution >= 0.6 is 34.0 Å². The van der Waals surface area contributed by atoms with Gasteiger partial charge in [0.1, 0.15) is 11.0 Å². The molecule has 0 N–H and O–H groups in total. The van der Waals surface area contributed by atoms with Crippen molar-refractivity contribution >= 4 is 45.0 Å². The molecule has 6 rings (SSSR count). The predicted molar refractivity (Wildman–Crippen MR) is 177 cm³/mol. The fourth-order valence-electron chi connectivity index (χ4n) is 4.74. The van der Waals surface area contributed by atoms with Crippen LogP contribution < -0.4 is 0 Å². The van der Waals surface area contributed by atoms with E-state index in [0.717, 1.165) is 40.0 Å². The first-order valence-electron chi connectivity index (χ1n) is 13.8. The zero-order chi connectivity index (χ0) is 28.1. The van der Waals surface area contributed by atoms with E-state index in [-0.39, 0.29) is 10.8 Å². The van der Waals surface area contributed by atoms with E-state index in [9.17, 15) is 0 Å². The predicted octanol–water partition coefficient (Wildman–Crippen LogP) is 11.5. The molecule has 5 heteroatoms. The summed E-state index contributed by atoms with van der Waals surface area (Å²) >= 11 is 5.61. The largest absolute Gasteiger partial charge is 0.242 e. The summed E-state index contributed by atoms with van der Waals surface area (Å²) in [5.41, 5.74) is 6.26. The number of thiophene rings is 3. The van der Waals surface area contributed by atoms with Crippen LogP contribution in [0.25, 0.3) is 53.1 Å². The van der Waals surface area contributed by atoms with Gasteiger partial charge in [0.05, 0.1) is 21.1 Å². The number of benzene rings is 2. The summed E-state index contributed by atoms with van der Waals surface area (Å²) in [7, 11) is 0. The Hall–Kier alpha value is -3.12. The summed E-state index contributed by atoms with van der Waals surface area (Å²) in [6.45, 7) is 13.8. The van der Waals surface area contributed by atoms with Crippen LogP contribution in [0.1, 0.15) is 57.7 Å². The van der Waals surface area contributed by atoms with Crippen molar-refractivity contribution in [3.05, 3.63) is 94.7 Å². The number of nitrogens with zero attached hydrogens (tertiary/aromatic N) is 2. The second kappa shape index (κ2) is 10.4.